The van der Waals surface area contributed by atoms with Gasteiger partial charge in [-0.1, -0.05) is 54.2 Å². The molecular formula is C33H26N4O13S5. The number of aromatic nitrogens is 2. The Hall–Kier alpha value is -5.26. The van der Waals surface area contributed by atoms with Gasteiger partial charge in [0.2, 0.25) is 0 Å². The number of fused-ring (bicyclic) bond motifs is 1. The lowest BCUT2D eigenvalue weighted by Gasteiger charge is -2.20. The Morgan fingerprint density at radius 2 is 1.35 bits per heavy atom. The summed E-state index contributed by atoms with van der Waals surface area (Å²) in [6, 6.07) is 15.8. The van der Waals surface area contributed by atoms with E-state index in [0.717, 1.165) is 26.5 Å². The molecule has 286 valence electrons. The van der Waals surface area contributed by atoms with Gasteiger partial charge in [-0.15, -0.1) is 22.7 Å². The van der Waals surface area contributed by atoms with Gasteiger partial charge in [-0.05, 0) is 42.0 Å². The molecule has 22 heteroatoms. The minimum Gasteiger partial charge on any atom is -0.480 e. The summed E-state index contributed by atoms with van der Waals surface area (Å²) in [5.74, 6) is -6.04. The number of carbonyl (C=O) groups excluding carboxylic acids is 2. The lowest BCUT2D eigenvalue weighted by atomic mass is 10.1. The van der Waals surface area contributed by atoms with E-state index in [4.69, 9.17) is 0 Å². The second kappa shape index (κ2) is 15.8. The molecule has 1 saturated heterocycles. The standard InChI is InChI=1S/C33H26N4O13S5/c38-22(39)14-35-28(44)25(52-31(35)26-29(45)36(15-23(40)41)32(53-26)27-30(46)37(16-24(42)43)33(47)54-27)18(17-7-2-1-3-8-17)13-21-34(11-6-12-55(48,49)50)19-9-4-5-10-20(19)51-21/h1-5,7-10,13H,6,11-12,14-16H2,(H,38,39)(H,40,41)(H,42,43)(H,48,49,50)/b21-13?,25-18-,31-26+,32-27+. The number of carboxylic acids is 3. The predicted octanol–water partition coefficient (Wildman–Crippen LogP) is 1.41. The highest BCUT2D eigenvalue weighted by Crippen LogP contribution is 2.46. The van der Waals surface area contributed by atoms with E-state index in [2.05, 4.69) is 0 Å². The number of hydrogen-bond donors (Lipinski definition) is 4. The fraction of sp³-hybridized carbons (Fsp3) is 0.182. The summed E-state index contributed by atoms with van der Waals surface area (Å²) in [5, 5.41) is 28.3. The van der Waals surface area contributed by atoms with Crippen LogP contribution >= 0.6 is 46.2 Å². The maximum absolute atomic E-state index is 14.3. The quantitative estimate of drug-likeness (QED) is 0.147. The molecule has 2 aromatic heterocycles. The van der Waals surface area contributed by atoms with Crippen LogP contribution in [-0.4, -0.2) is 90.2 Å². The molecular weight excluding hydrogens is 821 g/mol. The minimum absolute atomic E-state index is 0.0229. The van der Waals surface area contributed by atoms with E-state index < -0.39 is 80.6 Å². The van der Waals surface area contributed by atoms with Gasteiger partial charge < -0.3 is 20.2 Å². The molecule has 55 heavy (non-hydrogen) atoms. The molecule has 0 spiro atoms. The maximum Gasteiger partial charge on any atom is 0.323 e. The van der Waals surface area contributed by atoms with Crippen LogP contribution in [0.4, 0.5) is 10.5 Å². The van der Waals surface area contributed by atoms with Crippen LogP contribution in [0.2, 0.25) is 0 Å². The second-order valence-corrected chi connectivity index (χ2v) is 17.2. The molecule has 0 radical (unpaired) electrons. The minimum atomic E-state index is -4.27. The first-order valence-corrected chi connectivity index (χ1v) is 20.6. The van der Waals surface area contributed by atoms with Crippen molar-refractivity contribution < 1.29 is 52.3 Å². The van der Waals surface area contributed by atoms with Crippen molar-refractivity contribution in [2.24, 2.45) is 0 Å². The average Bonchev–Trinajstić information content (AvgIpc) is 3.81. The monoisotopic (exact) mass is 846 g/mol. The topological polar surface area (TPSA) is 251 Å². The molecule has 4 N–H and O–H groups in total. The average molecular weight is 847 g/mol. The lowest BCUT2D eigenvalue weighted by Crippen LogP contribution is -2.35. The fourth-order valence-electron chi connectivity index (χ4n) is 5.64. The van der Waals surface area contributed by atoms with E-state index in [1.165, 1.54) is 11.8 Å². The SMILES string of the molecule is O=C(O)CN1C(=O)S/C(=c2/s/c(=c3/s/c(=C(/C=C4Sc5ccccc5N4CCCS(=O)(=O)O)c4ccccc4)c(=O)n3CC(=O)O)c(=O)n2CC(=O)O)C1=O. The van der Waals surface area contributed by atoms with E-state index >= 15 is 0 Å². The summed E-state index contributed by atoms with van der Waals surface area (Å²) in [6.45, 7) is -2.75. The molecule has 2 aromatic carbocycles. The van der Waals surface area contributed by atoms with Crippen molar-refractivity contribution in [1.82, 2.24) is 14.0 Å². The Morgan fingerprint density at radius 3 is 1.98 bits per heavy atom. The second-order valence-electron chi connectivity index (χ2n) is 11.6. The van der Waals surface area contributed by atoms with Gasteiger partial charge in [-0.2, -0.15) is 8.42 Å². The van der Waals surface area contributed by atoms with Crippen LogP contribution in [0.25, 0.3) is 10.5 Å². The van der Waals surface area contributed by atoms with Crippen LogP contribution in [0.5, 0.6) is 0 Å². The number of benzene rings is 2. The molecule has 0 atom stereocenters. The van der Waals surface area contributed by atoms with E-state index in [1.54, 1.807) is 42.5 Å². The first-order chi connectivity index (χ1) is 26.0. The molecule has 2 aliphatic rings. The van der Waals surface area contributed by atoms with Crippen molar-refractivity contribution in [1.29, 1.82) is 0 Å². The van der Waals surface area contributed by atoms with Gasteiger partial charge in [-0.25, -0.2) is 0 Å². The number of thiazole rings is 2. The Kier molecular flexibility index (Phi) is 11.4. The number of rotatable bonds is 12. The Morgan fingerprint density at radius 1 is 0.727 bits per heavy atom. The third-order valence-corrected chi connectivity index (χ3v) is 13.5. The van der Waals surface area contributed by atoms with Crippen LogP contribution < -0.4 is 25.2 Å². The molecule has 0 saturated carbocycles. The maximum atomic E-state index is 14.3. The van der Waals surface area contributed by atoms with Gasteiger partial charge in [0, 0.05) is 17.0 Å². The van der Waals surface area contributed by atoms with Gasteiger partial charge >= 0.3 is 17.9 Å². The number of para-hydroxylation sites is 1. The lowest BCUT2D eigenvalue weighted by molar-refractivity contribution is -0.140. The number of aliphatic carboxylic acids is 3. The number of hydrogen-bond acceptors (Lipinski definition) is 14. The van der Waals surface area contributed by atoms with Crippen molar-refractivity contribution in [3.05, 3.63) is 110 Å². The highest BCUT2D eigenvalue weighted by atomic mass is 32.2. The summed E-state index contributed by atoms with van der Waals surface area (Å²) in [4.78, 5) is 92.1. The Balaban J connectivity index is 1.69. The molecule has 1 fully saturated rings. The normalized spacial score (nSPS) is 17.2. The third-order valence-electron chi connectivity index (χ3n) is 7.90. The molecule has 4 aromatic rings. The number of imide groups is 1. The number of allylic oxidation sites excluding steroid dienone is 1. The highest BCUT2D eigenvalue weighted by molar-refractivity contribution is 8.23. The number of anilines is 1. The zero-order valence-corrected chi connectivity index (χ0v) is 31.9. The van der Waals surface area contributed by atoms with Crippen molar-refractivity contribution in [3.8, 4) is 0 Å². The molecule has 0 aliphatic carbocycles. The van der Waals surface area contributed by atoms with Gasteiger partial charge in [0.1, 0.15) is 42.9 Å². The van der Waals surface area contributed by atoms with E-state index in [-0.39, 0.29) is 31.4 Å². The first-order valence-electron chi connectivity index (χ1n) is 15.7. The number of nitrogens with zero attached hydrogens (tertiary/aromatic N) is 4. The van der Waals surface area contributed by atoms with Gasteiger partial charge in [0.15, 0.2) is 0 Å². The van der Waals surface area contributed by atoms with E-state index in [1.807, 2.05) is 23.1 Å². The predicted molar refractivity (Wildman–Crippen MR) is 203 cm³/mol. The third kappa shape index (κ3) is 8.38. The van der Waals surface area contributed by atoms with Crippen molar-refractivity contribution in [2.75, 3.05) is 23.7 Å². The number of thioether (sulfide) groups is 2. The van der Waals surface area contributed by atoms with Gasteiger partial charge in [0.25, 0.3) is 32.4 Å². The van der Waals surface area contributed by atoms with E-state index in [0.29, 0.717) is 48.7 Å². The van der Waals surface area contributed by atoms with Crippen LogP contribution in [0.1, 0.15) is 12.0 Å². The first kappa shape index (κ1) is 39.4. The van der Waals surface area contributed by atoms with Crippen LogP contribution in [0, 0.1) is 9.20 Å². The molecule has 4 heterocycles. The largest absolute Gasteiger partial charge is 0.480 e. The van der Waals surface area contributed by atoms with Crippen molar-refractivity contribution in [3.63, 3.8) is 0 Å². The Labute approximate surface area is 324 Å². The molecule has 6 rings (SSSR count). The molecule has 2 aliphatic heterocycles. The zero-order valence-electron chi connectivity index (χ0n) is 27.8. The summed E-state index contributed by atoms with van der Waals surface area (Å²) >= 11 is 2.91. The zero-order chi connectivity index (χ0) is 39.8. The molecule has 0 unspecified atom stereocenters. The van der Waals surface area contributed by atoms with Crippen LogP contribution in [0.15, 0.2) is 80.2 Å². The smallest absolute Gasteiger partial charge is 0.323 e. The Bertz CT molecular complexity index is 2790. The van der Waals surface area contributed by atoms with Gasteiger partial charge in [-0.3, -0.25) is 52.1 Å². The van der Waals surface area contributed by atoms with Crippen molar-refractivity contribution >= 4 is 102 Å². The fourth-order valence-corrected chi connectivity index (χ4v) is 10.7. The van der Waals surface area contributed by atoms with E-state index in [9.17, 15) is 61.9 Å². The summed E-state index contributed by atoms with van der Waals surface area (Å²) in [6.07, 6.45) is 1.72. The highest BCUT2D eigenvalue weighted by Gasteiger charge is 2.38. The number of amides is 2. The summed E-state index contributed by atoms with van der Waals surface area (Å²) in [5.41, 5.74) is -0.292. The van der Waals surface area contributed by atoms with Crippen molar-refractivity contribution in [2.45, 2.75) is 24.4 Å². The number of carbonyl (C=O) groups is 5. The summed E-state index contributed by atoms with van der Waals surface area (Å²) in [7, 11) is -4.27. The molecule has 0 bridgehead atoms. The van der Waals surface area contributed by atoms with Gasteiger partial charge in [0.05, 0.1) is 16.5 Å². The summed E-state index contributed by atoms with van der Waals surface area (Å²) < 4.78 is 33.1. The molecule has 17 nitrogen and oxygen atoms in total. The molecule has 2 amide bonds. The number of carboxylic acid groups (broad SMARTS) is 3. The van der Waals surface area contributed by atoms with Crippen LogP contribution in [-0.2, 0) is 42.4 Å². The van der Waals surface area contributed by atoms with Crippen LogP contribution in [0.3, 0.4) is 0 Å².